The van der Waals surface area contributed by atoms with Gasteiger partial charge in [0.15, 0.2) is 0 Å². The minimum atomic E-state index is -4.06. The van der Waals surface area contributed by atoms with Crippen LogP contribution in [0.15, 0.2) is 0 Å². The summed E-state index contributed by atoms with van der Waals surface area (Å²) in [5, 5.41) is -0.681. The Morgan fingerprint density at radius 2 is 1.69 bits per heavy atom. The second-order valence-electron chi connectivity index (χ2n) is 3.49. The van der Waals surface area contributed by atoms with Gasteiger partial charge in [-0.15, -0.1) is 0 Å². The molecule has 0 rings (SSSR count). The summed E-state index contributed by atoms with van der Waals surface area (Å²) in [7, 11) is -4.06. The van der Waals surface area contributed by atoms with Gasteiger partial charge in [-0.1, -0.05) is 20.8 Å². The molecular formula is C8H17NaO3S. The predicted molar refractivity (Wildman–Crippen MR) is 47.8 cm³/mol. The zero-order chi connectivity index (χ0) is 9.78. The molecule has 0 aliphatic rings. The van der Waals surface area contributed by atoms with Gasteiger partial charge in [-0.05, 0) is 25.2 Å². The fourth-order valence-corrected chi connectivity index (χ4v) is 1.90. The number of hydrogen-bond donors (Lipinski definition) is 0. The maximum atomic E-state index is 10.6. The van der Waals surface area contributed by atoms with E-state index in [1.54, 1.807) is 6.92 Å². The van der Waals surface area contributed by atoms with Crippen LogP contribution in [0, 0.1) is 5.92 Å². The second-order valence-corrected chi connectivity index (χ2v) is 5.15. The van der Waals surface area contributed by atoms with Crippen molar-refractivity contribution in [3.63, 3.8) is 0 Å². The molecule has 5 heteroatoms. The molecule has 3 nitrogen and oxygen atoms in total. The van der Waals surface area contributed by atoms with Crippen molar-refractivity contribution < 1.29 is 42.5 Å². The smallest absolute Gasteiger partial charge is 0.748 e. The first-order valence-corrected chi connectivity index (χ1v) is 5.79. The van der Waals surface area contributed by atoms with Crippen LogP contribution in [0.4, 0.5) is 0 Å². The Kier molecular flexibility index (Phi) is 9.10. The van der Waals surface area contributed by atoms with Crippen LogP contribution in [0.3, 0.4) is 0 Å². The molecule has 1 unspecified atom stereocenters. The molecule has 0 aromatic carbocycles. The van der Waals surface area contributed by atoms with Gasteiger partial charge in [0.2, 0.25) is 0 Å². The van der Waals surface area contributed by atoms with Gasteiger partial charge in [-0.2, -0.15) is 0 Å². The summed E-state index contributed by atoms with van der Waals surface area (Å²) in [4.78, 5) is 0. The van der Waals surface area contributed by atoms with E-state index in [9.17, 15) is 13.0 Å². The fourth-order valence-electron chi connectivity index (χ4n) is 1.07. The van der Waals surface area contributed by atoms with Gasteiger partial charge in [0.1, 0.15) is 0 Å². The van der Waals surface area contributed by atoms with Crippen LogP contribution in [0.1, 0.15) is 40.0 Å². The maximum Gasteiger partial charge on any atom is 1.00 e. The molecule has 0 radical (unpaired) electrons. The Morgan fingerprint density at radius 1 is 1.23 bits per heavy atom. The molecule has 0 aliphatic carbocycles. The number of hydrogen-bond acceptors (Lipinski definition) is 3. The van der Waals surface area contributed by atoms with Crippen LogP contribution >= 0.6 is 0 Å². The van der Waals surface area contributed by atoms with Crippen molar-refractivity contribution in [3.05, 3.63) is 0 Å². The zero-order valence-electron chi connectivity index (χ0n) is 8.91. The molecule has 0 aromatic heterocycles. The van der Waals surface area contributed by atoms with Gasteiger partial charge in [0, 0.05) is 5.25 Å². The molecule has 74 valence electrons. The van der Waals surface area contributed by atoms with E-state index in [1.807, 2.05) is 13.8 Å². The Labute approximate surface area is 103 Å². The Morgan fingerprint density at radius 3 is 1.92 bits per heavy atom. The van der Waals surface area contributed by atoms with Crippen LogP contribution in [0.2, 0.25) is 0 Å². The van der Waals surface area contributed by atoms with Crippen LogP contribution < -0.4 is 29.6 Å². The first kappa shape index (κ1) is 16.3. The molecule has 0 heterocycles. The molecular weight excluding hydrogens is 199 g/mol. The Balaban J connectivity index is 0. The average molecular weight is 216 g/mol. The van der Waals surface area contributed by atoms with E-state index >= 15 is 0 Å². The van der Waals surface area contributed by atoms with Crippen molar-refractivity contribution in [1.82, 2.24) is 0 Å². The molecule has 0 aliphatic heterocycles. The van der Waals surface area contributed by atoms with E-state index in [1.165, 1.54) is 0 Å². The summed E-state index contributed by atoms with van der Waals surface area (Å²) in [6, 6.07) is 0. The molecule has 0 amide bonds. The third kappa shape index (κ3) is 7.94. The molecule has 0 spiro atoms. The van der Waals surface area contributed by atoms with Crippen LogP contribution in [-0.2, 0) is 10.1 Å². The van der Waals surface area contributed by atoms with Gasteiger partial charge in [-0.25, -0.2) is 8.42 Å². The monoisotopic (exact) mass is 216 g/mol. The van der Waals surface area contributed by atoms with Crippen molar-refractivity contribution in [2.45, 2.75) is 45.3 Å². The van der Waals surface area contributed by atoms with Crippen molar-refractivity contribution in [2.75, 3.05) is 0 Å². The predicted octanol–water partition coefficient (Wildman–Crippen LogP) is -1.25. The van der Waals surface area contributed by atoms with Gasteiger partial charge < -0.3 is 4.55 Å². The maximum absolute atomic E-state index is 10.6. The quantitative estimate of drug-likeness (QED) is 0.426. The van der Waals surface area contributed by atoms with Gasteiger partial charge in [0.25, 0.3) is 0 Å². The molecule has 0 aromatic rings. The Bertz CT molecular complexity index is 211. The van der Waals surface area contributed by atoms with Crippen LogP contribution in [0.25, 0.3) is 0 Å². The van der Waals surface area contributed by atoms with Crippen molar-refractivity contribution in [3.8, 4) is 0 Å². The largest absolute Gasteiger partial charge is 1.00 e. The summed E-state index contributed by atoms with van der Waals surface area (Å²) >= 11 is 0. The van der Waals surface area contributed by atoms with Crippen molar-refractivity contribution in [2.24, 2.45) is 5.92 Å². The third-order valence-electron chi connectivity index (χ3n) is 1.93. The first-order chi connectivity index (χ1) is 5.38. The van der Waals surface area contributed by atoms with Gasteiger partial charge in [0.05, 0.1) is 10.1 Å². The summed E-state index contributed by atoms with van der Waals surface area (Å²) < 4.78 is 31.9. The standard InChI is InChI=1S/C8H18O3S.Na/c1-4-8(12(9,10)11)6-5-7(2)3;/h7-8H,4-6H2,1-3H3,(H,9,10,11);/q;+1/p-1. The zero-order valence-corrected chi connectivity index (χ0v) is 11.7. The fraction of sp³-hybridized carbons (Fsp3) is 1.00. The number of rotatable bonds is 5. The van der Waals surface area contributed by atoms with Crippen LogP contribution in [-0.4, -0.2) is 18.2 Å². The molecule has 0 bridgehead atoms. The van der Waals surface area contributed by atoms with E-state index < -0.39 is 15.4 Å². The van der Waals surface area contributed by atoms with Crippen LogP contribution in [0.5, 0.6) is 0 Å². The average Bonchev–Trinajstić information content (AvgIpc) is 1.85. The summed E-state index contributed by atoms with van der Waals surface area (Å²) in [6.45, 7) is 5.77. The third-order valence-corrected chi connectivity index (χ3v) is 3.32. The van der Waals surface area contributed by atoms with Crippen molar-refractivity contribution >= 4 is 10.1 Å². The molecule has 0 N–H and O–H groups in total. The Hall–Kier alpha value is 0.910. The summed E-state index contributed by atoms with van der Waals surface area (Å²) in [5.74, 6) is 0.459. The molecule has 13 heavy (non-hydrogen) atoms. The van der Waals surface area contributed by atoms with E-state index in [4.69, 9.17) is 0 Å². The van der Waals surface area contributed by atoms with E-state index in [2.05, 4.69) is 0 Å². The molecule has 0 saturated heterocycles. The van der Waals surface area contributed by atoms with E-state index in [0.717, 1.165) is 6.42 Å². The minimum Gasteiger partial charge on any atom is -0.748 e. The van der Waals surface area contributed by atoms with Gasteiger partial charge >= 0.3 is 29.6 Å². The second kappa shape index (κ2) is 7.23. The summed E-state index contributed by atoms with van der Waals surface area (Å²) in [5.41, 5.74) is 0. The SMILES string of the molecule is CCC(CCC(C)C)S(=O)(=O)[O-].[Na+]. The van der Waals surface area contributed by atoms with Gasteiger partial charge in [-0.3, -0.25) is 0 Å². The van der Waals surface area contributed by atoms with E-state index in [0.29, 0.717) is 18.8 Å². The first-order valence-electron chi connectivity index (χ1n) is 4.32. The topological polar surface area (TPSA) is 57.2 Å². The summed E-state index contributed by atoms with van der Waals surface area (Å²) in [6.07, 6.45) is 1.73. The minimum absolute atomic E-state index is 0. The molecule has 0 saturated carbocycles. The normalized spacial score (nSPS) is 13.9. The molecule has 1 atom stereocenters. The van der Waals surface area contributed by atoms with Crippen molar-refractivity contribution in [1.29, 1.82) is 0 Å². The molecule has 0 fully saturated rings. The van der Waals surface area contributed by atoms with E-state index in [-0.39, 0.29) is 29.6 Å².